The predicted molar refractivity (Wildman–Crippen MR) is 217 cm³/mol. The van der Waals surface area contributed by atoms with E-state index in [0.29, 0.717) is 24.4 Å². The number of pyridine rings is 1. The fourth-order valence-corrected chi connectivity index (χ4v) is 9.88. The van der Waals surface area contributed by atoms with E-state index in [1.54, 1.807) is 0 Å². The van der Waals surface area contributed by atoms with E-state index >= 15 is 0 Å². The van der Waals surface area contributed by atoms with E-state index in [1.807, 2.05) is 16.4 Å². The largest absolute Gasteiger partial charge is 0.477 e. The normalized spacial score (nSPS) is 21.1. The van der Waals surface area contributed by atoms with Crippen LogP contribution >= 0.6 is 23.4 Å². The number of carboxylic acid groups (broad SMARTS) is 1. The van der Waals surface area contributed by atoms with Crippen LogP contribution in [-0.4, -0.2) is 102 Å². The number of amides is 2. The third-order valence-electron chi connectivity index (χ3n) is 10.7. The second-order valence-electron chi connectivity index (χ2n) is 14.7. The predicted octanol–water partition coefficient (Wildman–Crippen LogP) is 2.92. The Hall–Kier alpha value is -4.69. The number of anilines is 2. The molecular weight excluding hydrogens is 817 g/mol. The smallest absolute Gasteiger partial charge is 0.352 e. The fourth-order valence-electron chi connectivity index (χ4n) is 7.63. The Morgan fingerprint density at radius 2 is 1.90 bits per heavy atom. The van der Waals surface area contributed by atoms with Gasteiger partial charge in [0.25, 0.3) is 5.91 Å². The molecule has 3 aliphatic heterocycles. The zero-order chi connectivity index (χ0) is 41.6. The highest BCUT2D eigenvalue weighted by Crippen LogP contribution is 2.45. The molecule has 3 aromatic rings. The molecule has 58 heavy (non-hydrogen) atoms. The number of nitrogens with zero attached hydrogens (tertiary/aromatic N) is 3. The lowest BCUT2D eigenvalue weighted by molar-refractivity contribution is -0.151. The number of benzene rings is 2. The molecule has 1 saturated carbocycles. The molecule has 1 aromatic heterocycles. The van der Waals surface area contributed by atoms with Crippen LogP contribution in [0.2, 0.25) is 5.02 Å². The summed E-state index contributed by atoms with van der Waals surface area (Å²) in [7, 11) is -3.60. The van der Waals surface area contributed by atoms with Crippen LogP contribution in [-0.2, 0) is 29.1 Å². The number of aliphatic carboxylic acids is 1. The molecular formula is C38H43ClFN7O9S2. The lowest BCUT2D eigenvalue weighted by Crippen LogP contribution is -2.71. The Morgan fingerprint density at radius 3 is 2.59 bits per heavy atom. The zero-order valence-electron chi connectivity index (χ0n) is 31.6. The number of thioether (sulfide) groups is 1. The third-order valence-corrected chi connectivity index (χ3v) is 13.6. The molecule has 310 valence electrons. The molecule has 2 amide bonds. The summed E-state index contributed by atoms with van der Waals surface area (Å²) in [4.78, 5) is 70.6. The molecule has 2 aromatic carbocycles. The number of carboxylic acids is 1. The highest BCUT2D eigenvalue weighted by atomic mass is 35.5. The van der Waals surface area contributed by atoms with Crippen molar-refractivity contribution in [3.05, 3.63) is 79.9 Å². The molecule has 0 radical (unpaired) electrons. The van der Waals surface area contributed by atoms with Crippen LogP contribution in [0, 0.1) is 11.7 Å². The van der Waals surface area contributed by atoms with Gasteiger partial charge in [0.05, 0.1) is 21.7 Å². The molecule has 0 bridgehead atoms. The number of carbonyl (C=O) groups excluding carboxylic acids is 3. The van der Waals surface area contributed by atoms with E-state index in [0.717, 1.165) is 61.1 Å². The first-order valence-corrected chi connectivity index (χ1v) is 22.0. The number of ether oxygens (including phenoxy) is 1. The van der Waals surface area contributed by atoms with Crippen LogP contribution in [0.4, 0.5) is 15.9 Å². The number of fused-ring (bicyclic) bond motifs is 2. The monoisotopic (exact) mass is 859 g/mol. The minimum absolute atomic E-state index is 0.00264. The van der Waals surface area contributed by atoms with Crippen LogP contribution in [0.15, 0.2) is 52.5 Å². The van der Waals surface area contributed by atoms with Crippen molar-refractivity contribution < 1.29 is 41.8 Å². The van der Waals surface area contributed by atoms with Crippen molar-refractivity contribution in [3.63, 3.8) is 0 Å². The summed E-state index contributed by atoms with van der Waals surface area (Å²) in [5, 5.41) is 15.4. The van der Waals surface area contributed by atoms with Crippen LogP contribution < -0.4 is 31.4 Å². The van der Waals surface area contributed by atoms with Gasteiger partial charge in [-0.2, -0.15) is 0 Å². The molecule has 6 N–H and O–H groups in total. The summed E-state index contributed by atoms with van der Waals surface area (Å²) in [6.45, 7) is 5.48. The topological polar surface area (TPSA) is 222 Å². The third kappa shape index (κ3) is 8.01. The van der Waals surface area contributed by atoms with Crippen molar-refractivity contribution in [2.45, 2.75) is 56.6 Å². The van der Waals surface area contributed by atoms with Crippen LogP contribution in [0.5, 0.6) is 0 Å². The van der Waals surface area contributed by atoms with Gasteiger partial charge in [-0.05, 0) is 75.0 Å². The lowest BCUT2D eigenvalue weighted by Gasteiger charge is -2.49. The van der Waals surface area contributed by atoms with Gasteiger partial charge in [-0.15, -0.1) is 11.8 Å². The molecule has 3 unspecified atom stereocenters. The second-order valence-corrected chi connectivity index (χ2v) is 18.2. The second kappa shape index (κ2) is 16.5. The zero-order valence-corrected chi connectivity index (χ0v) is 34.0. The molecule has 7 rings (SSSR count). The van der Waals surface area contributed by atoms with Crippen molar-refractivity contribution in [1.29, 1.82) is 0 Å². The summed E-state index contributed by atoms with van der Waals surface area (Å²) in [6.07, 6.45) is 2.29. The van der Waals surface area contributed by atoms with Crippen LogP contribution in [0.3, 0.4) is 0 Å². The molecule has 4 heterocycles. The Morgan fingerprint density at radius 1 is 1.14 bits per heavy atom. The highest BCUT2D eigenvalue weighted by molar-refractivity contribution is 8.00. The number of β-lactam (4-membered cyclic amide) rings is 1. The maximum absolute atomic E-state index is 14.7. The van der Waals surface area contributed by atoms with E-state index in [-0.39, 0.29) is 56.3 Å². The van der Waals surface area contributed by atoms with Crippen molar-refractivity contribution >= 4 is 79.5 Å². The lowest BCUT2D eigenvalue weighted by atomic mass is 10.0. The first kappa shape index (κ1) is 41.5. The van der Waals surface area contributed by atoms with Crippen LogP contribution in [0.1, 0.15) is 61.1 Å². The summed E-state index contributed by atoms with van der Waals surface area (Å²) in [6, 6.07) is 5.63. The van der Waals surface area contributed by atoms with E-state index in [1.165, 1.54) is 31.2 Å². The fraction of sp³-hybridized carbons (Fsp3) is 0.447. The first-order chi connectivity index (χ1) is 27.6. The summed E-state index contributed by atoms with van der Waals surface area (Å²) < 4.78 is 48.7. The summed E-state index contributed by atoms with van der Waals surface area (Å²) in [5.41, 5.74) is 5.60. The quantitative estimate of drug-likeness (QED) is 0.110. The Balaban J connectivity index is 1.12. The van der Waals surface area contributed by atoms with Gasteiger partial charge in [0.2, 0.25) is 21.4 Å². The Kier molecular flexibility index (Phi) is 11.8. The SMILES string of the molecule is CCNCC1CCN(c2c(C(=O)OCC3=C(C(=O)O)N4C(=O)C(NC(=O)[C@H](N)c5cccc(NS(=O)(=O)CC)c5)C4SC3)c(=O)c3cc(F)cc(Cl)c3n2C2CC2)C1. The van der Waals surface area contributed by atoms with Gasteiger partial charge in [0, 0.05) is 36.1 Å². The van der Waals surface area contributed by atoms with Crippen molar-refractivity contribution in [1.82, 2.24) is 20.1 Å². The van der Waals surface area contributed by atoms with E-state index in [4.69, 9.17) is 22.1 Å². The van der Waals surface area contributed by atoms with Crippen LogP contribution in [0.25, 0.3) is 10.9 Å². The van der Waals surface area contributed by atoms with Gasteiger partial charge in [0.15, 0.2) is 0 Å². The number of hydrogen-bond donors (Lipinski definition) is 5. The van der Waals surface area contributed by atoms with Gasteiger partial charge in [-0.1, -0.05) is 30.7 Å². The van der Waals surface area contributed by atoms with Gasteiger partial charge >= 0.3 is 11.9 Å². The maximum Gasteiger partial charge on any atom is 0.352 e. The Labute approximate surface area is 342 Å². The molecule has 2 saturated heterocycles. The van der Waals surface area contributed by atoms with E-state index < -0.39 is 74.8 Å². The molecule has 3 fully saturated rings. The number of halogens is 2. The standard InChI is InChI=1S/C38H43ClFN7O9S2/c1-3-42-15-19-10-11-45(16-19)34-27(32(48)25-13-22(40)14-26(39)31(25)46(34)24-8-9-24)38(53)56-17-21-18-57-36-29(35(50)47(36)30(21)37(51)52)43-33(49)28(41)20-6-5-7-23(12-20)44-58(54,55)4-2/h5-7,12-14,19,24,28-29,36,42,44H,3-4,8-11,15-18,41H2,1-2H3,(H,43,49)(H,51,52)/t19?,28-,29?,36?/m1/s1. The minimum Gasteiger partial charge on any atom is -0.477 e. The molecule has 20 heteroatoms. The number of nitrogens with two attached hydrogens (primary N) is 1. The van der Waals surface area contributed by atoms with E-state index in [2.05, 4.69) is 15.4 Å². The van der Waals surface area contributed by atoms with Crippen molar-refractivity contribution in [3.8, 4) is 0 Å². The maximum atomic E-state index is 14.7. The molecule has 4 aliphatic rings. The Bertz CT molecular complexity index is 2410. The highest BCUT2D eigenvalue weighted by Gasteiger charge is 2.54. The van der Waals surface area contributed by atoms with Gasteiger partial charge in [-0.25, -0.2) is 22.4 Å². The number of nitrogens with one attached hydrogen (secondary N) is 3. The van der Waals surface area contributed by atoms with Gasteiger partial charge in [0.1, 0.15) is 47.0 Å². The van der Waals surface area contributed by atoms with Crippen molar-refractivity contribution in [2.75, 3.05) is 53.9 Å². The number of carbonyl (C=O) groups is 4. The van der Waals surface area contributed by atoms with Crippen molar-refractivity contribution in [2.24, 2.45) is 11.7 Å². The summed E-state index contributed by atoms with van der Waals surface area (Å²) >= 11 is 7.73. The number of hydrogen-bond acceptors (Lipinski definition) is 12. The van der Waals surface area contributed by atoms with E-state index in [9.17, 15) is 41.9 Å². The number of esters is 1. The molecule has 16 nitrogen and oxygen atoms in total. The molecule has 4 atom stereocenters. The molecule has 0 spiro atoms. The average Bonchev–Trinajstić information content (AvgIpc) is 3.93. The van der Waals surface area contributed by atoms with Gasteiger partial charge in [-0.3, -0.25) is 24.0 Å². The average molecular weight is 860 g/mol. The number of rotatable bonds is 15. The molecule has 1 aliphatic carbocycles. The first-order valence-electron chi connectivity index (χ1n) is 18.9. The summed E-state index contributed by atoms with van der Waals surface area (Å²) in [5.74, 6) is -4.34. The number of sulfonamides is 1. The number of aromatic nitrogens is 1. The minimum atomic E-state index is -3.60. The van der Waals surface area contributed by atoms with Gasteiger partial charge < -0.3 is 35.7 Å².